The normalized spacial score (nSPS) is 14.3. The molecule has 0 fully saturated rings. The third-order valence-electron chi connectivity index (χ3n) is 4.10. The molecule has 0 amide bonds. The molecule has 0 bridgehead atoms. The molecule has 2 N–H and O–H groups in total. The first-order valence-electron chi connectivity index (χ1n) is 8.83. The molecule has 0 radical (unpaired) electrons. The summed E-state index contributed by atoms with van der Waals surface area (Å²) in [6.07, 6.45) is 8.02. The predicted octanol–water partition coefficient (Wildman–Crippen LogP) is 5.18. The minimum absolute atomic E-state index is 0.175. The fourth-order valence-electron chi connectivity index (χ4n) is 2.50. The van der Waals surface area contributed by atoms with Gasteiger partial charge in [0.25, 0.3) is 0 Å². The van der Waals surface area contributed by atoms with Crippen LogP contribution in [-0.4, -0.2) is 16.1 Å². The van der Waals surface area contributed by atoms with E-state index in [1.54, 1.807) is 12.3 Å². The molecule has 140 valence electrons. The second kappa shape index (κ2) is 10.3. The molecule has 6 heteroatoms. The maximum atomic E-state index is 10.9. The van der Waals surface area contributed by atoms with Crippen molar-refractivity contribution in [3.05, 3.63) is 62.6 Å². The zero-order chi connectivity index (χ0) is 19.7. The average Bonchev–Trinajstić information content (AvgIpc) is 2.64. The Morgan fingerprint density at radius 3 is 2.50 bits per heavy atom. The quantitative estimate of drug-likeness (QED) is 0.300. The molecule has 0 atom stereocenters. The Kier molecular flexibility index (Phi) is 8.42. The largest absolute Gasteiger partial charge is 0.398 e. The van der Waals surface area contributed by atoms with Gasteiger partial charge in [-0.25, -0.2) is 0 Å². The SMILES string of the molecule is CC=N/C(C)=C(C(\N)=C(/C)CC)/C(=C\CCC)c1ccc([N+](=O)[O-])nc1. The second-order valence-corrected chi connectivity index (χ2v) is 5.96. The van der Waals surface area contributed by atoms with Gasteiger partial charge >= 0.3 is 5.82 Å². The van der Waals surface area contributed by atoms with Crippen LogP contribution in [0.2, 0.25) is 0 Å². The van der Waals surface area contributed by atoms with E-state index >= 15 is 0 Å². The Labute approximate surface area is 155 Å². The third-order valence-corrected chi connectivity index (χ3v) is 4.10. The topological polar surface area (TPSA) is 94.4 Å². The lowest BCUT2D eigenvalue weighted by molar-refractivity contribution is -0.389. The van der Waals surface area contributed by atoms with Crippen molar-refractivity contribution in [2.24, 2.45) is 10.7 Å². The van der Waals surface area contributed by atoms with Crippen LogP contribution in [0.3, 0.4) is 0 Å². The number of rotatable bonds is 8. The Morgan fingerprint density at radius 2 is 2.04 bits per heavy atom. The number of aromatic nitrogens is 1. The first-order chi connectivity index (χ1) is 12.4. The molecule has 0 aliphatic carbocycles. The Hall–Kier alpha value is -2.76. The van der Waals surface area contributed by atoms with Gasteiger partial charge in [0.15, 0.2) is 0 Å². The van der Waals surface area contributed by atoms with Crippen LogP contribution in [0.1, 0.15) is 59.4 Å². The average molecular weight is 356 g/mol. The first-order valence-corrected chi connectivity index (χ1v) is 8.83. The van der Waals surface area contributed by atoms with Gasteiger partial charge in [-0.1, -0.05) is 26.3 Å². The molecule has 1 aromatic rings. The van der Waals surface area contributed by atoms with Gasteiger partial charge in [-0.3, -0.25) is 4.99 Å². The van der Waals surface area contributed by atoms with E-state index in [1.807, 2.05) is 20.8 Å². The van der Waals surface area contributed by atoms with Gasteiger partial charge in [-0.2, -0.15) is 0 Å². The highest BCUT2D eigenvalue weighted by Gasteiger charge is 2.18. The van der Waals surface area contributed by atoms with Crippen LogP contribution < -0.4 is 5.73 Å². The van der Waals surface area contributed by atoms with Crippen LogP contribution in [-0.2, 0) is 0 Å². The number of pyridine rings is 1. The summed E-state index contributed by atoms with van der Waals surface area (Å²) < 4.78 is 0. The number of aliphatic imine (C=N–C) groups is 1. The van der Waals surface area contributed by atoms with Crippen molar-refractivity contribution in [2.75, 3.05) is 0 Å². The summed E-state index contributed by atoms with van der Waals surface area (Å²) in [5.74, 6) is -0.175. The van der Waals surface area contributed by atoms with Gasteiger partial charge in [0.1, 0.15) is 6.20 Å². The fraction of sp³-hybridized carbons (Fsp3) is 0.400. The first kappa shape index (κ1) is 21.3. The molecule has 0 aliphatic heterocycles. The molecule has 0 saturated carbocycles. The van der Waals surface area contributed by atoms with Crippen LogP contribution in [0.25, 0.3) is 5.57 Å². The highest BCUT2D eigenvalue weighted by molar-refractivity contribution is 5.84. The third kappa shape index (κ3) is 5.37. The number of nitrogens with two attached hydrogens (primary N) is 1. The Bertz CT molecular complexity index is 757. The lowest BCUT2D eigenvalue weighted by Crippen LogP contribution is -2.09. The molecule has 1 aromatic heterocycles. The molecule has 0 unspecified atom stereocenters. The van der Waals surface area contributed by atoms with Crippen molar-refractivity contribution in [1.29, 1.82) is 0 Å². The summed E-state index contributed by atoms with van der Waals surface area (Å²) in [4.78, 5) is 18.8. The molecule has 0 aliphatic rings. The van der Waals surface area contributed by atoms with Crippen LogP contribution in [0.5, 0.6) is 0 Å². The molecule has 1 heterocycles. The summed E-state index contributed by atoms with van der Waals surface area (Å²) in [5, 5.41) is 10.9. The monoisotopic (exact) mass is 356 g/mol. The zero-order valence-corrected chi connectivity index (χ0v) is 16.2. The van der Waals surface area contributed by atoms with Gasteiger partial charge in [-0.05, 0) is 60.7 Å². The number of nitrogens with zero attached hydrogens (tertiary/aromatic N) is 3. The van der Waals surface area contributed by atoms with Crippen molar-refractivity contribution in [1.82, 2.24) is 4.98 Å². The van der Waals surface area contributed by atoms with Gasteiger partial charge < -0.3 is 15.8 Å². The Balaban J connectivity index is 3.66. The smallest absolute Gasteiger partial charge is 0.363 e. The second-order valence-electron chi connectivity index (χ2n) is 5.96. The molecule has 0 spiro atoms. The van der Waals surface area contributed by atoms with E-state index in [0.29, 0.717) is 5.70 Å². The highest BCUT2D eigenvalue weighted by atomic mass is 16.6. The minimum atomic E-state index is -0.502. The van der Waals surface area contributed by atoms with E-state index in [2.05, 4.69) is 29.9 Å². The number of hydrogen-bond donors (Lipinski definition) is 1. The molecule has 26 heavy (non-hydrogen) atoms. The highest BCUT2D eigenvalue weighted by Crippen LogP contribution is 2.32. The standard InChI is InChI=1S/C20H28N4O2/c1-6-9-10-17(16-11-12-18(23-13-16)24(25)26)19(15(5)22-8-3)20(21)14(4)7-2/h8,10-13H,6-7,9,21H2,1-5H3/b17-10-,19-15-,20-14-,22-8?. The van der Waals surface area contributed by atoms with Gasteiger partial charge in [0, 0.05) is 34.8 Å². The summed E-state index contributed by atoms with van der Waals surface area (Å²) in [6, 6.07) is 3.13. The predicted molar refractivity (Wildman–Crippen MR) is 108 cm³/mol. The summed E-state index contributed by atoms with van der Waals surface area (Å²) in [6.45, 7) is 9.93. The molecule has 0 saturated heterocycles. The maximum absolute atomic E-state index is 10.9. The van der Waals surface area contributed by atoms with E-state index in [9.17, 15) is 10.1 Å². The van der Waals surface area contributed by atoms with Crippen molar-refractivity contribution < 1.29 is 4.92 Å². The van der Waals surface area contributed by atoms with Gasteiger partial charge in [-0.15, -0.1) is 0 Å². The van der Waals surface area contributed by atoms with Crippen LogP contribution in [0.15, 0.2) is 51.9 Å². The minimum Gasteiger partial charge on any atom is -0.398 e. The van der Waals surface area contributed by atoms with Gasteiger partial charge in [0.05, 0.1) is 0 Å². The molecule has 6 nitrogen and oxygen atoms in total. The van der Waals surface area contributed by atoms with Gasteiger partial charge in [0.2, 0.25) is 0 Å². The van der Waals surface area contributed by atoms with E-state index in [0.717, 1.165) is 47.2 Å². The summed E-state index contributed by atoms with van der Waals surface area (Å²) >= 11 is 0. The van der Waals surface area contributed by atoms with Crippen molar-refractivity contribution in [2.45, 2.75) is 53.9 Å². The van der Waals surface area contributed by atoms with E-state index in [4.69, 9.17) is 5.73 Å². The van der Waals surface area contributed by atoms with Crippen LogP contribution in [0.4, 0.5) is 5.82 Å². The van der Waals surface area contributed by atoms with Crippen LogP contribution in [0, 0.1) is 10.1 Å². The lowest BCUT2D eigenvalue weighted by atomic mass is 9.91. The lowest BCUT2D eigenvalue weighted by Gasteiger charge is -2.17. The van der Waals surface area contributed by atoms with Crippen molar-refractivity contribution in [3.63, 3.8) is 0 Å². The van der Waals surface area contributed by atoms with Crippen molar-refractivity contribution >= 4 is 17.6 Å². The van der Waals surface area contributed by atoms with E-state index in [1.165, 1.54) is 12.3 Å². The summed E-state index contributed by atoms with van der Waals surface area (Å²) in [7, 11) is 0. The molecule has 1 rings (SSSR count). The number of allylic oxidation sites excluding steroid dienone is 4. The zero-order valence-electron chi connectivity index (χ0n) is 16.2. The number of hydrogen-bond acceptors (Lipinski definition) is 5. The van der Waals surface area contributed by atoms with Crippen molar-refractivity contribution in [3.8, 4) is 0 Å². The van der Waals surface area contributed by atoms with Crippen LogP contribution >= 0.6 is 0 Å². The molecule has 0 aromatic carbocycles. The molecular formula is C20H28N4O2. The van der Waals surface area contributed by atoms with E-state index < -0.39 is 4.92 Å². The maximum Gasteiger partial charge on any atom is 0.363 e. The molecular weight excluding hydrogens is 328 g/mol. The summed E-state index contributed by atoms with van der Waals surface area (Å²) in [5.41, 5.74) is 11.6. The Morgan fingerprint density at radius 1 is 1.35 bits per heavy atom. The fourth-order valence-corrected chi connectivity index (χ4v) is 2.50. The number of unbranched alkanes of at least 4 members (excludes halogenated alkanes) is 1. The van der Waals surface area contributed by atoms with E-state index in [-0.39, 0.29) is 5.82 Å². The number of nitro groups is 1.